The summed E-state index contributed by atoms with van der Waals surface area (Å²) in [4.78, 5) is 0. The first-order valence-electron chi connectivity index (χ1n) is 4.15. The molecule has 2 heteroatoms. The van der Waals surface area contributed by atoms with Gasteiger partial charge >= 0.3 is 0 Å². The lowest BCUT2D eigenvalue weighted by molar-refractivity contribution is 0.340. The molecule has 1 unspecified atom stereocenters. The highest BCUT2D eigenvalue weighted by molar-refractivity contribution is 7.80. The Kier molecular flexibility index (Phi) is 3.48. The van der Waals surface area contributed by atoms with Crippen LogP contribution in [0.2, 0.25) is 0 Å². The summed E-state index contributed by atoms with van der Waals surface area (Å²) in [7, 11) is 0. The molecule has 0 spiro atoms. The lowest BCUT2D eigenvalue weighted by Gasteiger charge is -2.06. The third-order valence-corrected chi connectivity index (χ3v) is 1.97. The molecule has 0 fully saturated rings. The molecular formula is C10H14OS. The maximum atomic E-state index is 5.32. The van der Waals surface area contributed by atoms with Crippen molar-refractivity contribution in [2.24, 2.45) is 0 Å². The van der Waals surface area contributed by atoms with Gasteiger partial charge in [0.2, 0.25) is 0 Å². The van der Waals surface area contributed by atoms with Crippen LogP contribution in [-0.4, -0.2) is 6.61 Å². The molecular weight excluding hydrogens is 168 g/mol. The molecule has 1 aromatic carbocycles. The molecule has 12 heavy (non-hydrogen) atoms. The predicted molar refractivity (Wildman–Crippen MR) is 55.0 cm³/mol. The molecule has 0 aliphatic rings. The van der Waals surface area contributed by atoms with Crippen LogP contribution in [-0.2, 0) is 0 Å². The summed E-state index contributed by atoms with van der Waals surface area (Å²) in [6.45, 7) is 4.75. The van der Waals surface area contributed by atoms with E-state index in [0.29, 0.717) is 5.25 Å². The summed E-state index contributed by atoms with van der Waals surface area (Å²) in [5, 5.41) is 0.292. The minimum absolute atomic E-state index is 0.292. The molecule has 0 radical (unpaired) electrons. The fraction of sp³-hybridized carbons (Fsp3) is 0.400. The second kappa shape index (κ2) is 4.41. The van der Waals surface area contributed by atoms with Crippen molar-refractivity contribution in [3.8, 4) is 5.75 Å². The standard InChI is InChI=1S/C10H14OS/c1-3-11-10-6-4-9(5-7-10)8(2)12/h4-8,12H,3H2,1-2H3. The van der Waals surface area contributed by atoms with Crippen LogP contribution in [0.25, 0.3) is 0 Å². The molecule has 0 amide bonds. The number of benzene rings is 1. The quantitative estimate of drug-likeness (QED) is 0.707. The molecule has 0 N–H and O–H groups in total. The topological polar surface area (TPSA) is 9.23 Å². The number of ether oxygens (including phenoxy) is 1. The summed E-state index contributed by atoms with van der Waals surface area (Å²) in [6, 6.07) is 8.04. The van der Waals surface area contributed by atoms with Gasteiger partial charge in [0.05, 0.1) is 6.61 Å². The van der Waals surface area contributed by atoms with Gasteiger partial charge in [-0.15, -0.1) is 0 Å². The van der Waals surface area contributed by atoms with E-state index in [-0.39, 0.29) is 0 Å². The van der Waals surface area contributed by atoms with E-state index in [1.807, 2.05) is 31.2 Å². The van der Waals surface area contributed by atoms with Crippen LogP contribution in [0.15, 0.2) is 24.3 Å². The van der Waals surface area contributed by atoms with E-state index in [1.54, 1.807) is 0 Å². The van der Waals surface area contributed by atoms with Gasteiger partial charge in [-0.2, -0.15) is 12.6 Å². The third kappa shape index (κ3) is 2.45. The van der Waals surface area contributed by atoms with E-state index in [9.17, 15) is 0 Å². The van der Waals surface area contributed by atoms with Gasteiger partial charge in [-0.25, -0.2) is 0 Å². The molecule has 66 valence electrons. The van der Waals surface area contributed by atoms with E-state index in [2.05, 4.69) is 19.6 Å². The molecule has 0 saturated carbocycles. The zero-order chi connectivity index (χ0) is 8.97. The Morgan fingerprint density at radius 2 is 1.92 bits per heavy atom. The number of hydrogen-bond donors (Lipinski definition) is 1. The lowest BCUT2D eigenvalue weighted by atomic mass is 10.2. The predicted octanol–water partition coefficient (Wildman–Crippen LogP) is 3.08. The van der Waals surface area contributed by atoms with E-state index >= 15 is 0 Å². The Balaban J connectivity index is 2.71. The van der Waals surface area contributed by atoms with Gasteiger partial charge in [0.25, 0.3) is 0 Å². The van der Waals surface area contributed by atoms with Gasteiger partial charge in [0.15, 0.2) is 0 Å². The van der Waals surface area contributed by atoms with Crippen LogP contribution >= 0.6 is 12.6 Å². The summed E-state index contributed by atoms with van der Waals surface area (Å²) >= 11 is 4.33. The van der Waals surface area contributed by atoms with Crippen LogP contribution in [0.1, 0.15) is 24.7 Å². The van der Waals surface area contributed by atoms with Gasteiger partial charge in [-0.1, -0.05) is 12.1 Å². The van der Waals surface area contributed by atoms with E-state index in [4.69, 9.17) is 4.74 Å². The summed E-state index contributed by atoms with van der Waals surface area (Å²) in [5.41, 5.74) is 1.22. The first-order chi connectivity index (χ1) is 5.74. The Bertz CT molecular complexity index is 228. The number of thiol groups is 1. The maximum Gasteiger partial charge on any atom is 0.119 e. The number of hydrogen-bond acceptors (Lipinski definition) is 2. The van der Waals surface area contributed by atoms with Crippen LogP contribution < -0.4 is 4.74 Å². The average Bonchev–Trinajstić information content (AvgIpc) is 2.06. The zero-order valence-corrected chi connectivity index (χ0v) is 8.34. The fourth-order valence-electron chi connectivity index (χ4n) is 1.01. The number of rotatable bonds is 3. The Labute approximate surface area is 79.2 Å². The minimum Gasteiger partial charge on any atom is -0.494 e. The first kappa shape index (κ1) is 9.46. The maximum absolute atomic E-state index is 5.32. The lowest BCUT2D eigenvalue weighted by Crippen LogP contribution is -1.91. The molecule has 0 aliphatic heterocycles. The molecule has 0 aliphatic carbocycles. The molecule has 0 bridgehead atoms. The Morgan fingerprint density at radius 1 is 1.33 bits per heavy atom. The van der Waals surface area contributed by atoms with Crippen LogP contribution in [0.5, 0.6) is 5.75 Å². The molecule has 0 saturated heterocycles. The molecule has 0 heterocycles. The van der Waals surface area contributed by atoms with E-state index in [0.717, 1.165) is 12.4 Å². The van der Waals surface area contributed by atoms with Crippen molar-refractivity contribution in [2.75, 3.05) is 6.61 Å². The van der Waals surface area contributed by atoms with Gasteiger partial charge in [0, 0.05) is 5.25 Å². The van der Waals surface area contributed by atoms with Gasteiger partial charge in [-0.05, 0) is 31.5 Å². The molecule has 0 aromatic heterocycles. The normalized spacial score (nSPS) is 12.6. The molecule has 1 aromatic rings. The Hall–Kier alpha value is -0.630. The highest BCUT2D eigenvalue weighted by atomic mass is 32.1. The second-order valence-corrected chi connectivity index (χ2v) is 3.45. The SMILES string of the molecule is CCOc1ccc(C(C)S)cc1. The summed E-state index contributed by atoms with van der Waals surface area (Å²) < 4.78 is 5.32. The highest BCUT2D eigenvalue weighted by Gasteiger charge is 1.98. The largest absolute Gasteiger partial charge is 0.494 e. The van der Waals surface area contributed by atoms with Crippen LogP contribution in [0, 0.1) is 0 Å². The van der Waals surface area contributed by atoms with Crippen molar-refractivity contribution < 1.29 is 4.74 Å². The highest BCUT2D eigenvalue weighted by Crippen LogP contribution is 2.21. The third-order valence-electron chi connectivity index (χ3n) is 1.67. The molecule has 1 atom stereocenters. The van der Waals surface area contributed by atoms with Crippen LogP contribution in [0.4, 0.5) is 0 Å². The average molecular weight is 182 g/mol. The summed E-state index contributed by atoms with van der Waals surface area (Å²) in [5.74, 6) is 0.926. The van der Waals surface area contributed by atoms with Gasteiger partial charge in [0.1, 0.15) is 5.75 Å². The van der Waals surface area contributed by atoms with Crippen molar-refractivity contribution in [2.45, 2.75) is 19.1 Å². The van der Waals surface area contributed by atoms with Crippen LogP contribution in [0.3, 0.4) is 0 Å². The fourth-order valence-corrected chi connectivity index (χ4v) is 1.18. The van der Waals surface area contributed by atoms with Crippen molar-refractivity contribution >= 4 is 12.6 Å². The second-order valence-electron chi connectivity index (χ2n) is 2.68. The van der Waals surface area contributed by atoms with E-state index in [1.165, 1.54) is 5.56 Å². The van der Waals surface area contributed by atoms with E-state index < -0.39 is 0 Å². The Morgan fingerprint density at radius 3 is 2.33 bits per heavy atom. The zero-order valence-electron chi connectivity index (χ0n) is 7.45. The smallest absolute Gasteiger partial charge is 0.119 e. The van der Waals surface area contributed by atoms with Crippen molar-refractivity contribution in [1.29, 1.82) is 0 Å². The van der Waals surface area contributed by atoms with Crippen molar-refractivity contribution in [3.05, 3.63) is 29.8 Å². The molecule has 1 rings (SSSR count). The summed E-state index contributed by atoms with van der Waals surface area (Å²) in [6.07, 6.45) is 0. The molecule has 1 nitrogen and oxygen atoms in total. The van der Waals surface area contributed by atoms with Gasteiger partial charge < -0.3 is 4.74 Å². The van der Waals surface area contributed by atoms with Crippen molar-refractivity contribution in [1.82, 2.24) is 0 Å². The van der Waals surface area contributed by atoms with Gasteiger partial charge in [-0.3, -0.25) is 0 Å². The minimum atomic E-state index is 0.292. The first-order valence-corrected chi connectivity index (χ1v) is 4.66. The monoisotopic (exact) mass is 182 g/mol. The van der Waals surface area contributed by atoms with Crippen molar-refractivity contribution in [3.63, 3.8) is 0 Å².